The second-order valence-electron chi connectivity index (χ2n) is 5.82. The van der Waals surface area contributed by atoms with Gasteiger partial charge >= 0.3 is 0 Å². The highest BCUT2D eigenvalue weighted by molar-refractivity contribution is 5.56. The Balaban J connectivity index is 1.84. The van der Waals surface area contributed by atoms with E-state index in [1.54, 1.807) is 0 Å². The maximum atomic E-state index is 9.92. The van der Waals surface area contributed by atoms with Crippen molar-refractivity contribution in [3.05, 3.63) is 29.3 Å². The summed E-state index contributed by atoms with van der Waals surface area (Å²) in [4.78, 5) is 4.78. The number of aliphatic hydroxyl groups excluding tert-OH is 1. The van der Waals surface area contributed by atoms with Gasteiger partial charge in [-0.15, -0.1) is 0 Å². The smallest absolute Gasteiger partial charge is 0.0900 e. The van der Waals surface area contributed by atoms with Gasteiger partial charge in [-0.2, -0.15) is 0 Å². The lowest BCUT2D eigenvalue weighted by Crippen LogP contribution is -2.49. The van der Waals surface area contributed by atoms with Crippen LogP contribution in [0.3, 0.4) is 0 Å². The minimum atomic E-state index is -0.378. The van der Waals surface area contributed by atoms with Crippen molar-refractivity contribution in [1.29, 1.82) is 0 Å². The Morgan fingerprint density at radius 2 is 1.90 bits per heavy atom. The number of aryl methyl sites for hydroxylation is 1. The molecule has 4 heteroatoms. The van der Waals surface area contributed by atoms with Gasteiger partial charge in [0.2, 0.25) is 0 Å². The van der Waals surface area contributed by atoms with Crippen LogP contribution in [-0.2, 0) is 4.74 Å². The Labute approximate surface area is 128 Å². The molecule has 0 spiro atoms. The largest absolute Gasteiger partial charge is 0.389 e. The van der Waals surface area contributed by atoms with Crippen molar-refractivity contribution in [1.82, 2.24) is 4.90 Å². The summed E-state index contributed by atoms with van der Waals surface area (Å²) in [7, 11) is 0. The molecule has 4 nitrogen and oxygen atoms in total. The lowest BCUT2D eigenvalue weighted by molar-refractivity contribution is 0.0202. The number of benzene rings is 1. The van der Waals surface area contributed by atoms with E-state index in [1.807, 2.05) is 6.92 Å². The quantitative estimate of drug-likeness (QED) is 0.867. The number of rotatable bonds is 6. The molecule has 1 unspecified atom stereocenters. The maximum Gasteiger partial charge on any atom is 0.0900 e. The topological polar surface area (TPSA) is 35.9 Å². The summed E-state index contributed by atoms with van der Waals surface area (Å²) in [6.07, 6.45) is -0.378. The Hall–Kier alpha value is -1.10. The van der Waals surface area contributed by atoms with Crippen LogP contribution < -0.4 is 4.90 Å². The van der Waals surface area contributed by atoms with Gasteiger partial charge in [-0.1, -0.05) is 12.1 Å². The van der Waals surface area contributed by atoms with Crippen molar-refractivity contribution in [3.8, 4) is 0 Å². The molecule has 1 aliphatic heterocycles. The molecular formula is C17H28N2O2. The first-order valence-corrected chi connectivity index (χ1v) is 7.91. The fraction of sp³-hybridized carbons (Fsp3) is 0.647. The third kappa shape index (κ3) is 4.43. The fourth-order valence-corrected chi connectivity index (χ4v) is 2.85. The number of hydrogen-bond acceptors (Lipinski definition) is 4. The summed E-state index contributed by atoms with van der Waals surface area (Å²) >= 11 is 0. The second kappa shape index (κ2) is 7.78. The summed E-state index contributed by atoms with van der Waals surface area (Å²) in [5, 5.41) is 9.92. The van der Waals surface area contributed by atoms with Crippen LogP contribution in [0.1, 0.15) is 18.1 Å². The Kier molecular flexibility index (Phi) is 6.03. The van der Waals surface area contributed by atoms with E-state index in [-0.39, 0.29) is 6.10 Å². The number of aliphatic hydroxyl groups is 1. The van der Waals surface area contributed by atoms with Gasteiger partial charge in [-0.3, -0.25) is 4.90 Å². The van der Waals surface area contributed by atoms with Gasteiger partial charge in [0, 0.05) is 45.0 Å². The van der Waals surface area contributed by atoms with Gasteiger partial charge in [0.25, 0.3) is 0 Å². The van der Waals surface area contributed by atoms with Gasteiger partial charge in [-0.25, -0.2) is 0 Å². The van der Waals surface area contributed by atoms with Crippen LogP contribution in [-0.4, -0.2) is 62.0 Å². The molecule has 0 radical (unpaired) electrons. The van der Waals surface area contributed by atoms with Crippen molar-refractivity contribution in [2.75, 3.05) is 50.8 Å². The standard InChI is InChI=1S/C17H28N2O2/c1-4-21-13-16(20)12-18-8-10-19(11-9-18)17-7-5-6-14(2)15(17)3/h5-7,16,20H,4,8-13H2,1-3H3. The third-order valence-corrected chi connectivity index (χ3v) is 4.27. The predicted molar refractivity (Wildman–Crippen MR) is 87.1 cm³/mol. The summed E-state index contributed by atoms with van der Waals surface area (Å²) in [6, 6.07) is 6.51. The van der Waals surface area contributed by atoms with Gasteiger partial charge < -0.3 is 14.7 Å². The average Bonchev–Trinajstić information content (AvgIpc) is 2.49. The molecule has 0 amide bonds. The molecule has 2 rings (SSSR count). The Bertz CT molecular complexity index is 442. The highest BCUT2D eigenvalue weighted by atomic mass is 16.5. The maximum absolute atomic E-state index is 9.92. The van der Waals surface area contributed by atoms with E-state index in [0.29, 0.717) is 19.8 Å². The van der Waals surface area contributed by atoms with Crippen LogP contribution in [0.4, 0.5) is 5.69 Å². The highest BCUT2D eigenvalue weighted by Gasteiger charge is 2.20. The van der Waals surface area contributed by atoms with E-state index >= 15 is 0 Å². The lowest BCUT2D eigenvalue weighted by atomic mass is 10.1. The molecule has 1 fully saturated rings. The fourth-order valence-electron chi connectivity index (χ4n) is 2.85. The number of hydrogen-bond donors (Lipinski definition) is 1. The van der Waals surface area contributed by atoms with Gasteiger partial charge in [0.1, 0.15) is 0 Å². The van der Waals surface area contributed by atoms with Crippen molar-refractivity contribution in [2.45, 2.75) is 26.9 Å². The minimum Gasteiger partial charge on any atom is -0.389 e. The Morgan fingerprint density at radius 1 is 1.19 bits per heavy atom. The zero-order valence-corrected chi connectivity index (χ0v) is 13.5. The van der Waals surface area contributed by atoms with Crippen molar-refractivity contribution in [2.24, 2.45) is 0 Å². The van der Waals surface area contributed by atoms with E-state index in [0.717, 1.165) is 26.2 Å². The summed E-state index contributed by atoms with van der Waals surface area (Å²) < 4.78 is 5.27. The molecule has 1 saturated heterocycles. The monoisotopic (exact) mass is 292 g/mol. The first-order chi connectivity index (χ1) is 10.1. The normalized spacial score (nSPS) is 18.0. The van der Waals surface area contributed by atoms with E-state index in [1.165, 1.54) is 16.8 Å². The van der Waals surface area contributed by atoms with Gasteiger partial charge in [0.15, 0.2) is 0 Å². The third-order valence-electron chi connectivity index (χ3n) is 4.27. The lowest BCUT2D eigenvalue weighted by Gasteiger charge is -2.37. The first-order valence-electron chi connectivity index (χ1n) is 7.91. The average molecular weight is 292 g/mol. The molecule has 0 aromatic heterocycles. The van der Waals surface area contributed by atoms with E-state index in [4.69, 9.17) is 4.74 Å². The number of nitrogens with zero attached hydrogens (tertiary/aromatic N) is 2. The summed E-state index contributed by atoms with van der Waals surface area (Å²) in [5.41, 5.74) is 4.08. The van der Waals surface area contributed by atoms with Crippen molar-refractivity contribution < 1.29 is 9.84 Å². The molecule has 1 N–H and O–H groups in total. The highest BCUT2D eigenvalue weighted by Crippen LogP contribution is 2.23. The van der Waals surface area contributed by atoms with E-state index < -0.39 is 0 Å². The zero-order valence-electron chi connectivity index (χ0n) is 13.5. The second-order valence-corrected chi connectivity index (χ2v) is 5.82. The van der Waals surface area contributed by atoms with Crippen LogP contribution in [0, 0.1) is 13.8 Å². The first kappa shape index (κ1) is 16.3. The minimum absolute atomic E-state index is 0.378. The molecule has 1 atom stereocenters. The van der Waals surface area contributed by atoms with Crippen molar-refractivity contribution >= 4 is 5.69 Å². The number of piperazine rings is 1. The molecule has 0 bridgehead atoms. The Morgan fingerprint density at radius 3 is 2.57 bits per heavy atom. The molecule has 0 saturated carbocycles. The predicted octanol–water partition coefficient (Wildman–Crippen LogP) is 1.82. The number of anilines is 1. The SMILES string of the molecule is CCOCC(O)CN1CCN(c2cccc(C)c2C)CC1. The zero-order chi connectivity index (χ0) is 15.2. The van der Waals surface area contributed by atoms with Crippen LogP contribution in [0.5, 0.6) is 0 Å². The van der Waals surface area contributed by atoms with Crippen LogP contribution >= 0.6 is 0 Å². The van der Waals surface area contributed by atoms with Gasteiger partial charge in [0.05, 0.1) is 12.7 Å². The number of ether oxygens (including phenoxy) is 1. The molecule has 21 heavy (non-hydrogen) atoms. The molecule has 118 valence electrons. The molecule has 1 aliphatic rings. The van der Waals surface area contributed by atoms with Gasteiger partial charge in [-0.05, 0) is 38.0 Å². The summed E-state index contributed by atoms with van der Waals surface area (Å²) in [5.74, 6) is 0. The van der Waals surface area contributed by atoms with Crippen molar-refractivity contribution in [3.63, 3.8) is 0 Å². The summed E-state index contributed by atoms with van der Waals surface area (Å²) in [6.45, 7) is 12.2. The molecular weight excluding hydrogens is 264 g/mol. The van der Waals surface area contributed by atoms with Crippen LogP contribution in [0.25, 0.3) is 0 Å². The van der Waals surface area contributed by atoms with E-state index in [9.17, 15) is 5.11 Å². The molecule has 1 aromatic carbocycles. The van der Waals surface area contributed by atoms with E-state index in [2.05, 4.69) is 41.8 Å². The van der Waals surface area contributed by atoms with Crippen LogP contribution in [0.15, 0.2) is 18.2 Å². The molecule has 1 aromatic rings. The molecule has 1 heterocycles. The molecule has 0 aliphatic carbocycles. The number of β-amino-alcohol motifs (C(OH)–C–C–N with tert-alkyl or cyclic N) is 1. The van der Waals surface area contributed by atoms with Crippen LogP contribution in [0.2, 0.25) is 0 Å².